The summed E-state index contributed by atoms with van der Waals surface area (Å²) < 4.78 is 5.22. The van der Waals surface area contributed by atoms with E-state index in [4.69, 9.17) is 4.52 Å². The van der Waals surface area contributed by atoms with Crippen molar-refractivity contribution < 1.29 is 14.4 Å². The lowest BCUT2D eigenvalue weighted by Crippen LogP contribution is -2.29. The van der Waals surface area contributed by atoms with Crippen LogP contribution in [0, 0.1) is 19.8 Å². The molecule has 0 saturated carbocycles. The fourth-order valence-electron chi connectivity index (χ4n) is 3.19. The molecule has 0 radical (unpaired) electrons. The molecule has 1 fully saturated rings. The Labute approximate surface area is 142 Å². The molecule has 0 spiro atoms. The zero-order valence-electron chi connectivity index (χ0n) is 14.2. The molecule has 128 valence electrons. The molecule has 1 aliphatic rings. The summed E-state index contributed by atoms with van der Waals surface area (Å²) in [4.78, 5) is 14.2. The molecule has 2 heterocycles. The Kier molecular flexibility index (Phi) is 5.00. The van der Waals surface area contributed by atoms with Gasteiger partial charge in [-0.15, -0.1) is 0 Å². The molecular weight excluding hydrogens is 304 g/mol. The lowest BCUT2D eigenvalue weighted by atomic mass is 10.0. The van der Waals surface area contributed by atoms with E-state index in [0.717, 1.165) is 17.9 Å². The van der Waals surface area contributed by atoms with Crippen molar-refractivity contribution in [3.8, 4) is 0 Å². The largest absolute Gasteiger partial charge is 0.391 e. The number of carbonyl (C=O) groups excluding carboxylic acids is 1. The second-order valence-corrected chi connectivity index (χ2v) is 6.75. The second-order valence-electron chi connectivity index (χ2n) is 6.75. The maximum absolute atomic E-state index is 12.4. The maximum Gasteiger partial charge on any atom is 0.223 e. The molecule has 1 amide bonds. The van der Waals surface area contributed by atoms with Gasteiger partial charge in [-0.2, -0.15) is 0 Å². The third-order valence-electron chi connectivity index (χ3n) is 4.65. The van der Waals surface area contributed by atoms with Crippen molar-refractivity contribution in [3.05, 3.63) is 52.9 Å². The third-order valence-corrected chi connectivity index (χ3v) is 4.65. The Balaban J connectivity index is 1.51. The van der Waals surface area contributed by atoms with E-state index >= 15 is 0 Å². The lowest BCUT2D eigenvalue weighted by molar-refractivity contribution is -0.130. The number of β-amino-alcohol motifs (C(OH)–C–C–N with tert-alkyl or cyclic N) is 1. The number of aromatic nitrogens is 1. The van der Waals surface area contributed by atoms with Crippen LogP contribution < -0.4 is 0 Å². The summed E-state index contributed by atoms with van der Waals surface area (Å²) in [5, 5.41) is 14.1. The smallest absolute Gasteiger partial charge is 0.223 e. The number of aryl methyl sites for hydroxylation is 3. The summed E-state index contributed by atoms with van der Waals surface area (Å²) in [6, 6.07) is 10.1. The molecule has 2 atom stereocenters. The van der Waals surface area contributed by atoms with Crippen LogP contribution in [0.5, 0.6) is 0 Å². The van der Waals surface area contributed by atoms with Gasteiger partial charge in [-0.05, 0) is 25.8 Å². The van der Waals surface area contributed by atoms with Crippen molar-refractivity contribution >= 4 is 5.91 Å². The van der Waals surface area contributed by atoms with Gasteiger partial charge in [-0.1, -0.05) is 35.0 Å². The quantitative estimate of drug-likeness (QED) is 0.914. The van der Waals surface area contributed by atoms with Crippen LogP contribution in [0.1, 0.15) is 29.0 Å². The standard InChI is InChI=1S/C19H24N2O3/c1-13-3-5-15(6-4-13)7-8-19(23)21-11-16(18(22)12-21)10-17-9-14(2)20-24-17/h3-6,9,16,18,22H,7-8,10-12H2,1-2H3/t16-,18-/m1/s1. The maximum atomic E-state index is 12.4. The van der Waals surface area contributed by atoms with Gasteiger partial charge in [0.25, 0.3) is 0 Å². The number of aliphatic hydroxyl groups is 1. The van der Waals surface area contributed by atoms with Crippen molar-refractivity contribution in [1.29, 1.82) is 0 Å². The van der Waals surface area contributed by atoms with Gasteiger partial charge in [0, 0.05) is 37.9 Å². The molecule has 24 heavy (non-hydrogen) atoms. The van der Waals surface area contributed by atoms with E-state index in [9.17, 15) is 9.90 Å². The molecule has 1 aliphatic heterocycles. The highest BCUT2D eigenvalue weighted by Gasteiger charge is 2.34. The minimum Gasteiger partial charge on any atom is -0.391 e. The number of likely N-dealkylation sites (tertiary alicyclic amines) is 1. The molecule has 5 heteroatoms. The SMILES string of the molecule is Cc1ccc(CCC(=O)N2C[C@@H](Cc3cc(C)no3)[C@H](O)C2)cc1. The number of rotatable bonds is 5. The van der Waals surface area contributed by atoms with E-state index < -0.39 is 6.10 Å². The van der Waals surface area contributed by atoms with Crippen LogP contribution in [0.3, 0.4) is 0 Å². The van der Waals surface area contributed by atoms with Gasteiger partial charge in [-0.3, -0.25) is 4.79 Å². The first-order valence-corrected chi connectivity index (χ1v) is 8.45. The van der Waals surface area contributed by atoms with Crippen LogP contribution in [-0.2, 0) is 17.6 Å². The Morgan fingerprint density at radius 1 is 1.29 bits per heavy atom. The zero-order valence-corrected chi connectivity index (χ0v) is 14.2. The van der Waals surface area contributed by atoms with Gasteiger partial charge in [-0.25, -0.2) is 0 Å². The second kappa shape index (κ2) is 7.18. The van der Waals surface area contributed by atoms with Gasteiger partial charge < -0.3 is 14.5 Å². The first-order valence-electron chi connectivity index (χ1n) is 8.45. The predicted octanol–water partition coefficient (Wildman–Crippen LogP) is 2.29. The molecule has 5 nitrogen and oxygen atoms in total. The third kappa shape index (κ3) is 4.03. The lowest BCUT2D eigenvalue weighted by Gasteiger charge is -2.16. The number of benzene rings is 1. The van der Waals surface area contributed by atoms with E-state index in [1.807, 2.05) is 13.0 Å². The minimum absolute atomic E-state index is 0.0145. The van der Waals surface area contributed by atoms with Crippen LogP contribution in [0.25, 0.3) is 0 Å². The first-order chi connectivity index (χ1) is 11.5. The van der Waals surface area contributed by atoms with Crippen molar-refractivity contribution in [2.75, 3.05) is 13.1 Å². The Hall–Kier alpha value is -2.14. The summed E-state index contributed by atoms with van der Waals surface area (Å²) in [5.41, 5.74) is 3.23. The van der Waals surface area contributed by atoms with Gasteiger partial charge in [0.15, 0.2) is 0 Å². The number of nitrogens with zero attached hydrogens (tertiary/aromatic N) is 2. The highest BCUT2D eigenvalue weighted by atomic mass is 16.5. The van der Waals surface area contributed by atoms with Gasteiger partial charge in [0.1, 0.15) is 5.76 Å². The van der Waals surface area contributed by atoms with Crippen molar-refractivity contribution in [3.63, 3.8) is 0 Å². The zero-order chi connectivity index (χ0) is 17.1. The van der Waals surface area contributed by atoms with Gasteiger partial charge in [0.05, 0.1) is 11.8 Å². The Morgan fingerprint density at radius 3 is 2.71 bits per heavy atom. The number of amides is 1. The molecular formula is C19H24N2O3. The monoisotopic (exact) mass is 328 g/mol. The predicted molar refractivity (Wildman–Crippen MR) is 90.5 cm³/mol. The molecule has 2 aromatic rings. The number of aliphatic hydroxyl groups excluding tert-OH is 1. The normalized spacial score (nSPS) is 20.5. The van der Waals surface area contributed by atoms with E-state index in [1.54, 1.807) is 4.90 Å². The van der Waals surface area contributed by atoms with Crippen LogP contribution in [-0.4, -0.2) is 40.3 Å². The summed E-state index contributed by atoms with van der Waals surface area (Å²) >= 11 is 0. The average molecular weight is 328 g/mol. The van der Waals surface area contributed by atoms with Gasteiger partial charge in [0.2, 0.25) is 5.91 Å². The highest BCUT2D eigenvalue weighted by Crippen LogP contribution is 2.23. The van der Waals surface area contributed by atoms with E-state index in [2.05, 4.69) is 36.3 Å². The van der Waals surface area contributed by atoms with Crippen LogP contribution in [0.2, 0.25) is 0 Å². The molecule has 1 N–H and O–H groups in total. The van der Waals surface area contributed by atoms with Gasteiger partial charge >= 0.3 is 0 Å². The molecule has 0 unspecified atom stereocenters. The van der Waals surface area contributed by atoms with Crippen LogP contribution in [0.15, 0.2) is 34.9 Å². The summed E-state index contributed by atoms with van der Waals surface area (Å²) in [6.45, 7) is 4.91. The Bertz CT molecular complexity index is 693. The highest BCUT2D eigenvalue weighted by molar-refractivity contribution is 5.76. The molecule has 0 aliphatic carbocycles. The summed E-state index contributed by atoms with van der Waals surface area (Å²) in [7, 11) is 0. The summed E-state index contributed by atoms with van der Waals surface area (Å²) in [5.74, 6) is 0.886. The number of hydrogen-bond acceptors (Lipinski definition) is 4. The van der Waals surface area contributed by atoms with Crippen molar-refractivity contribution in [2.45, 2.75) is 39.2 Å². The average Bonchev–Trinajstić information content (AvgIpc) is 3.13. The van der Waals surface area contributed by atoms with Crippen LogP contribution >= 0.6 is 0 Å². The van der Waals surface area contributed by atoms with Crippen molar-refractivity contribution in [2.24, 2.45) is 5.92 Å². The molecule has 0 bridgehead atoms. The Morgan fingerprint density at radius 2 is 2.04 bits per heavy atom. The summed E-state index contributed by atoms with van der Waals surface area (Å²) in [6.07, 6.45) is 1.32. The first kappa shape index (κ1) is 16.7. The van der Waals surface area contributed by atoms with E-state index in [0.29, 0.717) is 25.9 Å². The molecule has 3 rings (SSSR count). The fraction of sp³-hybridized carbons (Fsp3) is 0.474. The molecule has 1 saturated heterocycles. The number of hydrogen-bond donors (Lipinski definition) is 1. The van der Waals surface area contributed by atoms with Crippen molar-refractivity contribution in [1.82, 2.24) is 10.1 Å². The van der Waals surface area contributed by atoms with E-state index in [-0.39, 0.29) is 11.8 Å². The topological polar surface area (TPSA) is 66.6 Å². The van der Waals surface area contributed by atoms with Crippen LogP contribution in [0.4, 0.5) is 0 Å². The number of carbonyl (C=O) groups is 1. The molecule has 1 aromatic carbocycles. The minimum atomic E-state index is -0.501. The van der Waals surface area contributed by atoms with E-state index in [1.165, 1.54) is 11.1 Å². The fourth-order valence-corrected chi connectivity index (χ4v) is 3.19. The molecule has 1 aromatic heterocycles.